The van der Waals surface area contributed by atoms with Crippen LogP contribution in [0, 0.1) is 0 Å². The van der Waals surface area contributed by atoms with Crippen LogP contribution >= 0.6 is 0 Å². The van der Waals surface area contributed by atoms with Gasteiger partial charge in [0.1, 0.15) is 5.69 Å². The Morgan fingerprint density at radius 2 is 1.95 bits per heavy atom. The zero-order valence-corrected chi connectivity index (χ0v) is 12.6. The number of aryl methyl sites for hydroxylation is 1. The molecule has 1 atom stereocenters. The summed E-state index contributed by atoms with van der Waals surface area (Å²) in [7, 11) is 1.91. The summed E-state index contributed by atoms with van der Waals surface area (Å²) < 4.78 is 1.88. The first-order valence-corrected chi connectivity index (χ1v) is 7.65. The van der Waals surface area contributed by atoms with Crippen LogP contribution < -0.4 is 4.90 Å². The minimum atomic E-state index is 0.0299. The number of anilines is 1. The van der Waals surface area contributed by atoms with Crippen LogP contribution in [0.15, 0.2) is 36.8 Å². The number of nitrogens with zero attached hydrogens (tertiary/aromatic N) is 5. The first-order chi connectivity index (χ1) is 10.7. The second kappa shape index (κ2) is 4.83. The molecule has 6 heteroatoms. The molecule has 4 heterocycles. The van der Waals surface area contributed by atoms with E-state index in [1.807, 2.05) is 40.9 Å². The average molecular weight is 297 g/mol. The van der Waals surface area contributed by atoms with Gasteiger partial charge in [-0.2, -0.15) is 0 Å². The van der Waals surface area contributed by atoms with Crippen LogP contribution in [-0.4, -0.2) is 50.5 Å². The molecule has 2 aromatic rings. The molecule has 4 rings (SSSR count). The van der Waals surface area contributed by atoms with Crippen molar-refractivity contribution in [2.75, 3.05) is 24.5 Å². The summed E-state index contributed by atoms with van der Waals surface area (Å²) in [5.74, 6) is 0.895. The normalized spacial score (nSPS) is 23.9. The van der Waals surface area contributed by atoms with Crippen molar-refractivity contribution in [3.05, 3.63) is 42.5 Å². The number of hydrogen-bond donors (Lipinski definition) is 0. The summed E-state index contributed by atoms with van der Waals surface area (Å²) in [6.45, 7) is 2.53. The van der Waals surface area contributed by atoms with E-state index in [1.54, 1.807) is 12.4 Å². The number of hydrogen-bond acceptors (Lipinski definition) is 4. The van der Waals surface area contributed by atoms with E-state index in [0.717, 1.165) is 44.1 Å². The quantitative estimate of drug-likeness (QED) is 0.838. The summed E-state index contributed by atoms with van der Waals surface area (Å²) in [5.41, 5.74) is 0.779. The third kappa shape index (κ3) is 1.90. The number of aromatic nitrogens is 3. The maximum atomic E-state index is 12.7. The number of amides is 1. The third-order valence-electron chi connectivity index (χ3n) is 4.95. The molecule has 0 aromatic carbocycles. The van der Waals surface area contributed by atoms with Crippen molar-refractivity contribution in [3.8, 4) is 0 Å². The highest BCUT2D eigenvalue weighted by atomic mass is 16.2. The molecule has 1 amide bonds. The predicted octanol–water partition coefficient (Wildman–Crippen LogP) is 1.31. The number of carbonyl (C=O) groups excluding carboxylic acids is 1. The molecule has 0 saturated carbocycles. The Hall–Kier alpha value is -2.37. The molecule has 2 aliphatic heterocycles. The number of likely N-dealkylation sites (tertiary alicyclic amines) is 1. The molecule has 2 aliphatic rings. The minimum absolute atomic E-state index is 0.0299. The molecular formula is C16H19N5O. The molecule has 2 fully saturated rings. The van der Waals surface area contributed by atoms with Crippen molar-refractivity contribution in [2.24, 2.45) is 7.05 Å². The predicted molar refractivity (Wildman–Crippen MR) is 82.7 cm³/mol. The van der Waals surface area contributed by atoms with Gasteiger partial charge in [-0.05, 0) is 31.0 Å². The number of rotatable bonds is 2. The van der Waals surface area contributed by atoms with Crippen molar-refractivity contribution >= 4 is 11.9 Å². The summed E-state index contributed by atoms with van der Waals surface area (Å²) in [6.07, 6.45) is 7.54. The van der Waals surface area contributed by atoms with Gasteiger partial charge in [0.05, 0.1) is 5.54 Å². The first-order valence-electron chi connectivity index (χ1n) is 7.65. The summed E-state index contributed by atoms with van der Waals surface area (Å²) >= 11 is 0. The van der Waals surface area contributed by atoms with Crippen LogP contribution in [0.25, 0.3) is 0 Å². The van der Waals surface area contributed by atoms with Crippen LogP contribution in [0.2, 0.25) is 0 Å². The SMILES string of the molecule is Cn1cccc1C(=O)N1CC[C@]2(CCN2c2ncccn2)C1. The van der Waals surface area contributed by atoms with Crippen molar-refractivity contribution in [2.45, 2.75) is 18.4 Å². The molecule has 0 N–H and O–H groups in total. The van der Waals surface area contributed by atoms with E-state index in [1.165, 1.54) is 0 Å². The van der Waals surface area contributed by atoms with Gasteiger partial charge in [0, 0.05) is 45.3 Å². The van der Waals surface area contributed by atoms with Gasteiger partial charge in [0.25, 0.3) is 5.91 Å². The molecule has 0 radical (unpaired) electrons. The Morgan fingerprint density at radius 1 is 1.18 bits per heavy atom. The fourth-order valence-corrected chi connectivity index (χ4v) is 3.58. The van der Waals surface area contributed by atoms with Crippen LogP contribution in [0.3, 0.4) is 0 Å². The van der Waals surface area contributed by atoms with Gasteiger partial charge in [0.2, 0.25) is 5.95 Å². The second-order valence-electron chi connectivity index (χ2n) is 6.16. The van der Waals surface area contributed by atoms with Crippen molar-refractivity contribution in [3.63, 3.8) is 0 Å². The Morgan fingerprint density at radius 3 is 2.59 bits per heavy atom. The van der Waals surface area contributed by atoms with Crippen molar-refractivity contribution in [1.29, 1.82) is 0 Å². The molecule has 2 saturated heterocycles. The molecule has 1 spiro atoms. The minimum Gasteiger partial charge on any atom is -0.347 e. The van der Waals surface area contributed by atoms with Gasteiger partial charge in [-0.15, -0.1) is 0 Å². The zero-order valence-electron chi connectivity index (χ0n) is 12.6. The zero-order chi connectivity index (χ0) is 15.2. The van der Waals surface area contributed by atoms with Crippen LogP contribution in [-0.2, 0) is 7.05 Å². The second-order valence-corrected chi connectivity index (χ2v) is 6.16. The van der Waals surface area contributed by atoms with Crippen LogP contribution in [0.4, 0.5) is 5.95 Å². The topological polar surface area (TPSA) is 54.3 Å². The van der Waals surface area contributed by atoms with E-state index >= 15 is 0 Å². The molecule has 2 aromatic heterocycles. The maximum absolute atomic E-state index is 12.7. The standard InChI is InChI=1S/C16H19N5O/c1-19-9-2-4-13(19)14(22)20-10-5-16(12-20)6-11-21(16)15-17-7-3-8-18-15/h2-4,7-9H,5-6,10-12H2,1H3/t16-/m0/s1. The number of carbonyl (C=O) groups is 1. The third-order valence-corrected chi connectivity index (χ3v) is 4.95. The van der Waals surface area contributed by atoms with Crippen LogP contribution in [0.1, 0.15) is 23.3 Å². The molecule has 0 bridgehead atoms. The summed E-state index contributed by atoms with van der Waals surface area (Å²) in [6, 6.07) is 5.62. The van der Waals surface area contributed by atoms with Gasteiger partial charge in [-0.25, -0.2) is 9.97 Å². The van der Waals surface area contributed by atoms with E-state index in [2.05, 4.69) is 14.9 Å². The Kier molecular flexibility index (Phi) is 2.92. The summed E-state index contributed by atoms with van der Waals surface area (Å²) in [4.78, 5) is 25.6. The van der Waals surface area contributed by atoms with Gasteiger partial charge in [-0.1, -0.05) is 0 Å². The Bertz CT molecular complexity index is 698. The highest BCUT2D eigenvalue weighted by Crippen LogP contribution is 2.41. The van der Waals surface area contributed by atoms with E-state index in [9.17, 15) is 4.79 Å². The lowest BCUT2D eigenvalue weighted by Crippen LogP contribution is -2.62. The largest absolute Gasteiger partial charge is 0.347 e. The summed E-state index contributed by atoms with van der Waals surface area (Å²) in [5, 5.41) is 0. The highest BCUT2D eigenvalue weighted by molar-refractivity contribution is 5.93. The Balaban J connectivity index is 1.53. The molecule has 0 aliphatic carbocycles. The molecule has 22 heavy (non-hydrogen) atoms. The Labute approximate surface area is 129 Å². The van der Waals surface area contributed by atoms with Crippen molar-refractivity contribution in [1.82, 2.24) is 19.4 Å². The van der Waals surface area contributed by atoms with E-state index < -0.39 is 0 Å². The lowest BCUT2D eigenvalue weighted by molar-refractivity contribution is 0.0766. The van der Waals surface area contributed by atoms with E-state index in [4.69, 9.17) is 0 Å². The molecular weight excluding hydrogens is 278 g/mol. The average Bonchev–Trinajstić information content (AvgIpc) is 3.14. The molecule has 6 nitrogen and oxygen atoms in total. The van der Waals surface area contributed by atoms with Gasteiger partial charge < -0.3 is 14.4 Å². The lowest BCUT2D eigenvalue weighted by Gasteiger charge is -2.50. The monoisotopic (exact) mass is 297 g/mol. The smallest absolute Gasteiger partial charge is 0.270 e. The molecule has 0 unspecified atom stereocenters. The fraction of sp³-hybridized carbons (Fsp3) is 0.438. The molecule has 114 valence electrons. The van der Waals surface area contributed by atoms with Crippen molar-refractivity contribution < 1.29 is 4.79 Å². The van der Waals surface area contributed by atoms with E-state index in [-0.39, 0.29) is 11.4 Å². The first kappa shape index (κ1) is 13.3. The fourth-order valence-electron chi connectivity index (χ4n) is 3.58. The van der Waals surface area contributed by atoms with Crippen LogP contribution in [0.5, 0.6) is 0 Å². The van der Waals surface area contributed by atoms with Gasteiger partial charge in [0.15, 0.2) is 0 Å². The van der Waals surface area contributed by atoms with E-state index in [0.29, 0.717) is 0 Å². The highest BCUT2D eigenvalue weighted by Gasteiger charge is 2.51. The lowest BCUT2D eigenvalue weighted by atomic mass is 9.84. The maximum Gasteiger partial charge on any atom is 0.270 e. The van der Waals surface area contributed by atoms with Gasteiger partial charge in [-0.3, -0.25) is 4.79 Å². The van der Waals surface area contributed by atoms with Gasteiger partial charge >= 0.3 is 0 Å².